The number of hydrogen-bond acceptors (Lipinski definition) is 5. The number of benzene rings is 1. The molecule has 3 heterocycles. The zero-order valence-electron chi connectivity index (χ0n) is 19.2. The van der Waals surface area contributed by atoms with Gasteiger partial charge in [0, 0.05) is 51.4 Å². The minimum Gasteiger partial charge on any atom is -0.352 e. The number of hydrogen-bond donors (Lipinski definition) is 0. The lowest BCUT2D eigenvalue weighted by Crippen LogP contribution is -2.52. The molecule has 2 fully saturated rings. The van der Waals surface area contributed by atoms with E-state index in [-0.39, 0.29) is 11.8 Å². The van der Waals surface area contributed by atoms with Crippen molar-refractivity contribution in [2.75, 3.05) is 44.2 Å². The van der Waals surface area contributed by atoms with Gasteiger partial charge in [0.1, 0.15) is 5.82 Å². The summed E-state index contributed by atoms with van der Waals surface area (Å²) in [5.41, 5.74) is 1.11. The van der Waals surface area contributed by atoms with E-state index in [1.165, 1.54) is 4.31 Å². The number of pyridine rings is 1. The Kier molecular flexibility index (Phi) is 7.26. The van der Waals surface area contributed by atoms with Gasteiger partial charge >= 0.3 is 0 Å². The van der Waals surface area contributed by atoms with Crippen LogP contribution in [-0.4, -0.2) is 67.8 Å². The van der Waals surface area contributed by atoms with E-state index >= 15 is 0 Å². The summed E-state index contributed by atoms with van der Waals surface area (Å²) in [5, 5.41) is 0.615. The number of piperidine rings is 1. The molecule has 0 saturated carbocycles. The van der Waals surface area contributed by atoms with Crippen molar-refractivity contribution in [1.82, 2.24) is 14.2 Å². The van der Waals surface area contributed by atoms with Crippen LogP contribution in [0.2, 0.25) is 5.02 Å². The van der Waals surface area contributed by atoms with Crippen LogP contribution in [0.4, 0.5) is 5.82 Å². The van der Waals surface area contributed by atoms with Crippen molar-refractivity contribution in [3.8, 4) is 0 Å². The predicted molar refractivity (Wildman–Crippen MR) is 130 cm³/mol. The van der Waals surface area contributed by atoms with Crippen LogP contribution in [0.25, 0.3) is 0 Å². The molecule has 0 unspecified atom stereocenters. The van der Waals surface area contributed by atoms with Crippen molar-refractivity contribution >= 4 is 33.3 Å². The summed E-state index contributed by atoms with van der Waals surface area (Å²) >= 11 is 6.26. The van der Waals surface area contributed by atoms with Crippen molar-refractivity contribution in [1.29, 1.82) is 0 Å². The molecule has 1 aromatic carbocycles. The fourth-order valence-electron chi connectivity index (χ4n) is 4.52. The van der Waals surface area contributed by atoms with Crippen LogP contribution in [0.15, 0.2) is 47.5 Å². The Morgan fingerprint density at radius 3 is 2.21 bits per heavy atom. The van der Waals surface area contributed by atoms with Gasteiger partial charge in [0.2, 0.25) is 15.9 Å². The SMILES string of the molecule is CC(C)c1ccc(S(=O)(=O)N2CCC(C(=O)N3CCN(c4ncccc4Cl)CC3)CC2)cc1. The van der Waals surface area contributed by atoms with E-state index < -0.39 is 10.0 Å². The van der Waals surface area contributed by atoms with Crippen molar-refractivity contribution in [2.45, 2.75) is 37.5 Å². The van der Waals surface area contributed by atoms with Gasteiger partial charge in [-0.15, -0.1) is 0 Å². The third kappa shape index (κ3) is 5.18. The molecule has 1 aromatic heterocycles. The summed E-state index contributed by atoms with van der Waals surface area (Å²) in [5.74, 6) is 1.10. The summed E-state index contributed by atoms with van der Waals surface area (Å²) in [4.78, 5) is 21.8. The highest BCUT2D eigenvalue weighted by Crippen LogP contribution is 2.28. The first-order valence-corrected chi connectivity index (χ1v) is 13.3. The Balaban J connectivity index is 1.31. The lowest BCUT2D eigenvalue weighted by molar-refractivity contribution is -0.137. The summed E-state index contributed by atoms with van der Waals surface area (Å²) in [6.45, 7) is 7.50. The number of piperazine rings is 1. The van der Waals surface area contributed by atoms with E-state index in [4.69, 9.17) is 11.6 Å². The molecule has 1 amide bonds. The smallest absolute Gasteiger partial charge is 0.243 e. The molecule has 2 saturated heterocycles. The minimum atomic E-state index is -3.54. The molecule has 2 aliphatic rings. The second-order valence-corrected chi connectivity index (χ2v) is 11.4. The third-order valence-electron chi connectivity index (χ3n) is 6.62. The van der Waals surface area contributed by atoms with E-state index in [1.807, 2.05) is 23.1 Å². The molecule has 9 heteroatoms. The highest BCUT2D eigenvalue weighted by molar-refractivity contribution is 7.89. The number of amides is 1. The predicted octanol–water partition coefficient (Wildman–Crippen LogP) is 3.61. The number of sulfonamides is 1. The largest absolute Gasteiger partial charge is 0.352 e. The van der Waals surface area contributed by atoms with Crippen molar-refractivity contribution in [3.05, 3.63) is 53.2 Å². The zero-order valence-corrected chi connectivity index (χ0v) is 20.7. The van der Waals surface area contributed by atoms with E-state index in [2.05, 4.69) is 23.7 Å². The minimum absolute atomic E-state index is 0.125. The number of anilines is 1. The maximum atomic E-state index is 13.1. The van der Waals surface area contributed by atoms with Gasteiger partial charge in [0.15, 0.2) is 0 Å². The Hall–Kier alpha value is -2.16. The maximum Gasteiger partial charge on any atom is 0.243 e. The standard InChI is InChI=1S/C24H31ClN4O3S/c1-18(2)19-5-7-21(8-6-19)33(31,32)29-12-9-20(10-13-29)24(30)28-16-14-27(15-17-28)23-22(25)4-3-11-26-23/h3-8,11,18,20H,9-10,12-17H2,1-2H3. The van der Waals surface area contributed by atoms with Gasteiger partial charge in [0.25, 0.3) is 0 Å². The number of rotatable bonds is 5. The number of carbonyl (C=O) groups is 1. The van der Waals surface area contributed by atoms with Crippen molar-refractivity contribution in [3.63, 3.8) is 0 Å². The molecule has 0 radical (unpaired) electrons. The third-order valence-corrected chi connectivity index (χ3v) is 8.83. The molecule has 0 bridgehead atoms. The summed E-state index contributed by atoms with van der Waals surface area (Å²) < 4.78 is 27.6. The van der Waals surface area contributed by atoms with Crippen LogP contribution in [0.5, 0.6) is 0 Å². The molecule has 7 nitrogen and oxygen atoms in total. The molecule has 0 aliphatic carbocycles. The lowest BCUT2D eigenvalue weighted by Gasteiger charge is -2.38. The number of halogens is 1. The topological polar surface area (TPSA) is 73.8 Å². The van der Waals surface area contributed by atoms with Crippen LogP contribution in [0.3, 0.4) is 0 Å². The molecule has 2 aliphatic heterocycles. The van der Waals surface area contributed by atoms with Crippen LogP contribution in [-0.2, 0) is 14.8 Å². The van der Waals surface area contributed by atoms with Gasteiger partial charge in [-0.05, 0) is 48.6 Å². The fourth-order valence-corrected chi connectivity index (χ4v) is 6.23. The summed E-state index contributed by atoms with van der Waals surface area (Å²) in [6.07, 6.45) is 2.82. The van der Waals surface area contributed by atoms with Gasteiger partial charge in [-0.25, -0.2) is 13.4 Å². The molecular weight excluding hydrogens is 460 g/mol. The first-order valence-electron chi connectivity index (χ1n) is 11.5. The van der Waals surface area contributed by atoms with Gasteiger partial charge in [0.05, 0.1) is 9.92 Å². The Labute approximate surface area is 201 Å². The normalized spacial score (nSPS) is 18.7. The average Bonchev–Trinajstić information content (AvgIpc) is 2.84. The molecule has 178 valence electrons. The van der Waals surface area contributed by atoms with Crippen LogP contribution < -0.4 is 4.90 Å². The Bertz CT molecular complexity index is 1080. The molecule has 0 spiro atoms. The fraction of sp³-hybridized carbons (Fsp3) is 0.500. The first-order chi connectivity index (χ1) is 15.8. The summed E-state index contributed by atoms with van der Waals surface area (Å²) in [6, 6.07) is 10.8. The summed E-state index contributed by atoms with van der Waals surface area (Å²) in [7, 11) is -3.54. The van der Waals surface area contributed by atoms with Crippen molar-refractivity contribution in [2.24, 2.45) is 5.92 Å². The quantitative estimate of drug-likeness (QED) is 0.640. The average molecular weight is 491 g/mol. The highest BCUT2D eigenvalue weighted by atomic mass is 35.5. The lowest BCUT2D eigenvalue weighted by atomic mass is 9.96. The molecule has 33 heavy (non-hydrogen) atoms. The van der Waals surface area contributed by atoms with E-state index in [9.17, 15) is 13.2 Å². The van der Waals surface area contributed by atoms with Crippen molar-refractivity contribution < 1.29 is 13.2 Å². The molecule has 0 N–H and O–H groups in total. The Morgan fingerprint density at radius 2 is 1.64 bits per heavy atom. The number of aromatic nitrogens is 1. The second kappa shape index (κ2) is 9.99. The van der Waals surface area contributed by atoms with E-state index in [0.29, 0.717) is 67.9 Å². The first kappa shape index (κ1) is 24.0. The van der Waals surface area contributed by atoms with Gasteiger partial charge in [-0.3, -0.25) is 4.79 Å². The number of carbonyl (C=O) groups excluding carboxylic acids is 1. The van der Waals surface area contributed by atoms with E-state index in [0.717, 1.165) is 11.4 Å². The van der Waals surface area contributed by atoms with Gasteiger partial charge in [-0.2, -0.15) is 4.31 Å². The highest BCUT2D eigenvalue weighted by Gasteiger charge is 2.35. The van der Waals surface area contributed by atoms with Crippen LogP contribution in [0.1, 0.15) is 38.2 Å². The molecule has 4 rings (SSSR count). The van der Waals surface area contributed by atoms with E-state index in [1.54, 1.807) is 24.4 Å². The molecular formula is C24H31ClN4O3S. The van der Waals surface area contributed by atoms with Gasteiger partial charge < -0.3 is 9.80 Å². The molecule has 2 aromatic rings. The second-order valence-electron chi connectivity index (χ2n) is 9.02. The number of nitrogens with zero attached hydrogens (tertiary/aromatic N) is 4. The zero-order chi connectivity index (χ0) is 23.6. The monoisotopic (exact) mass is 490 g/mol. The van der Waals surface area contributed by atoms with Crippen LogP contribution in [0, 0.1) is 5.92 Å². The maximum absolute atomic E-state index is 13.1. The Morgan fingerprint density at radius 1 is 1.00 bits per heavy atom. The molecule has 0 atom stereocenters. The van der Waals surface area contributed by atoms with Gasteiger partial charge in [-0.1, -0.05) is 37.6 Å². The van der Waals surface area contributed by atoms with Crippen LogP contribution >= 0.6 is 11.6 Å².